The minimum atomic E-state index is -1.40. The maximum atomic E-state index is 13.3. The Kier molecular flexibility index (Phi) is 5.45. The molecule has 1 aromatic rings. The van der Waals surface area contributed by atoms with Crippen LogP contribution < -0.4 is 10.6 Å². The molecular formula is C12H13FN2O5. The number of carboxylic acids is 1. The SMILES string of the molecule is CCOC(=O)CNC(=O)Nc1ccc(C(=O)O)c(F)c1. The predicted molar refractivity (Wildman–Crippen MR) is 67.0 cm³/mol. The van der Waals surface area contributed by atoms with E-state index in [9.17, 15) is 18.8 Å². The van der Waals surface area contributed by atoms with E-state index in [1.165, 1.54) is 6.07 Å². The van der Waals surface area contributed by atoms with Crippen LogP contribution in [0.3, 0.4) is 0 Å². The molecule has 2 amide bonds. The van der Waals surface area contributed by atoms with E-state index in [1.54, 1.807) is 6.92 Å². The first kappa shape index (κ1) is 15.4. The third kappa shape index (κ3) is 4.56. The Labute approximate surface area is 113 Å². The highest BCUT2D eigenvalue weighted by Gasteiger charge is 2.12. The summed E-state index contributed by atoms with van der Waals surface area (Å²) in [5.74, 6) is -2.98. The second-order valence-electron chi connectivity index (χ2n) is 3.61. The van der Waals surface area contributed by atoms with Gasteiger partial charge >= 0.3 is 18.0 Å². The van der Waals surface area contributed by atoms with Crippen molar-refractivity contribution >= 4 is 23.7 Å². The van der Waals surface area contributed by atoms with Crippen molar-refractivity contribution in [3.63, 3.8) is 0 Å². The molecule has 0 heterocycles. The van der Waals surface area contributed by atoms with Gasteiger partial charge in [0.1, 0.15) is 12.4 Å². The molecule has 7 nitrogen and oxygen atoms in total. The molecule has 0 radical (unpaired) electrons. The van der Waals surface area contributed by atoms with Gasteiger partial charge in [0.15, 0.2) is 0 Å². The average molecular weight is 284 g/mol. The summed E-state index contributed by atoms with van der Waals surface area (Å²) in [6.07, 6.45) is 0. The van der Waals surface area contributed by atoms with Gasteiger partial charge in [-0.1, -0.05) is 0 Å². The van der Waals surface area contributed by atoms with Gasteiger partial charge in [-0.15, -0.1) is 0 Å². The number of aromatic carboxylic acids is 1. The van der Waals surface area contributed by atoms with Crippen molar-refractivity contribution in [1.82, 2.24) is 5.32 Å². The third-order valence-corrected chi connectivity index (χ3v) is 2.16. The van der Waals surface area contributed by atoms with E-state index in [4.69, 9.17) is 5.11 Å². The summed E-state index contributed by atoms with van der Waals surface area (Å²) in [7, 11) is 0. The molecule has 0 fully saturated rings. The fraction of sp³-hybridized carbons (Fsp3) is 0.250. The maximum Gasteiger partial charge on any atom is 0.338 e. The normalized spacial score (nSPS) is 9.70. The second kappa shape index (κ2) is 7.07. The van der Waals surface area contributed by atoms with Crippen molar-refractivity contribution in [1.29, 1.82) is 0 Å². The summed E-state index contributed by atoms with van der Waals surface area (Å²) in [5.41, 5.74) is -0.434. The highest BCUT2D eigenvalue weighted by atomic mass is 19.1. The van der Waals surface area contributed by atoms with Crippen molar-refractivity contribution in [2.24, 2.45) is 0 Å². The number of urea groups is 1. The van der Waals surface area contributed by atoms with E-state index in [2.05, 4.69) is 15.4 Å². The number of carboxylic acid groups (broad SMARTS) is 1. The van der Waals surface area contributed by atoms with Gasteiger partial charge in [0.2, 0.25) is 0 Å². The molecule has 0 aliphatic rings. The standard InChI is InChI=1S/C12H13FN2O5/c1-2-20-10(16)6-14-12(19)15-7-3-4-8(11(17)18)9(13)5-7/h3-5H,2,6H2,1H3,(H,17,18)(H2,14,15,19). The molecule has 3 N–H and O–H groups in total. The maximum absolute atomic E-state index is 13.3. The molecule has 8 heteroatoms. The number of ether oxygens (including phenoxy) is 1. The van der Waals surface area contributed by atoms with E-state index < -0.39 is 29.4 Å². The van der Waals surface area contributed by atoms with E-state index in [0.717, 1.165) is 12.1 Å². The van der Waals surface area contributed by atoms with Crippen LogP contribution in [0.5, 0.6) is 0 Å². The van der Waals surface area contributed by atoms with E-state index in [1.807, 2.05) is 0 Å². The van der Waals surface area contributed by atoms with Crippen molar-refractivity contribution in [2.45, 2.75) is 6.92 Å². The molecule has 0 atom stereocenters. The van der Waals surface area contributed by atoms with Gasteiger partial charge in [-0.3, -0.25) is 4.79 Å². The van der Waals surface area contributed by atoms with E-state index in [0.29, 0.717) is 0 Å². The minimum absolute atomic E-state index is 0.0638. The second-order valence-corrected chi connectivity index (χ2v) is 3.61. The van der Waals surface area contributed by atoms with Crippen LogP contribution >= 0.6 is 0 Å². The minimum Gasteiger partial charge on any atom is -0.478 e. The van der Waals surface area contributed by atoms with Gasteiger partial charge < -0.3 is 20.5 Å². The Morgan fingerprint density at radius 3 is 2.60 bits per heavy atom. The summed E-state index contributed by atoms with van der Waals surface area (Å²) in [6.45, 7) is 1.50. The van der Waals surface area contributed by atoms with Crippen molar-refractivity contribution < 1.29 is 28.6 Å². The largest absolute Gasteiger partial charge is 0.478 e. The number of hydrogen-bond donors (Lipinski definition) is 3. The summed E-state index contributed by atoms with van der Waals surface area (Å²) in [5, 5.41) is 13.1. The zero-order valence-corrected chi connectivity index (χ0v) is 10.6. The summed E-state index contributed by atoms with van der Waals surface area (Å²) >= 11 is 0. The first-order chi connectivity index (χ1) is 9.43. The van der Waals surface area contributed by atoms with Gasteiger partial charge in [-0.05, 0) is 25.1 Å². The molecule has 1 rings (SSSR count). The quantitative estimate of drug-likeness (QED) is 0.705. The Morgan fingerprint density at radius 2 is 2.05 bits per heavy atom. The molecule has 0 unspecified atom stereocenters. The van der Waals surface area contributed by atoms with Crippen LogP contribution in [0.25, 0.3) is 0 Å². The van der Waals surface area contributed by atoms with Crippen LogP contribution in [0.1, 0.15) is 17.3 Å². The molecule has 108 valence electrons. The van der Waals surface area contributed by atoms with Crippen molar-refractivity contribution in [3.05, 3.63) is 29.6 Å². The zero-order valence-electron chi connectivity index (χ0n) is 10.6. The molecule has 20 heavy (non-hydrogen) atoms. The number of anilines is 1. The highest BCUT2D eigenvalue weighted by molar-refractivity contribution is 5.93. The van der Waals surface area contributed by atoms with Gasteiger partial charge in [-0.2, -0.15) is 0 Å². The Balaban J connectivity index is 2.56. The average Bonchev–Trinajstić information content (AvgIpc) is 2.36. The number of hydrogen-bond acceptors (Lipinski definition) is 4. The van der Waals surface area contributed by atoms with E-state index >= 15 is 0 Å². The van der Waals surface area contributed by atoms with Crippen LogP contribution in [-0.4, -0.2) is 36.2 Å². The van der Waals surface area contributed by atoms with E-state index in [-0.39, 0.29) is 18.8 Å². The first-order valence-electron chi connectivity index (χ1n) is 5.67. The van der Waals surface area contributed by atoms with Crippen LogP contribution in [0, 0.1) is 5.82 Å². The van der Waals surface area contributed by atoms with Crippen molar-refractivity contribution in [3.8, 4) is 0 Å². The lowest BCUT2D eigenvalue weighted by Gasteiger charge is -2.08. The number of carbonyl (C=O) groups excluding carboxylic acids is 2. The van der Waals surface area contributed by atoms with Gasteiger partial charge in [0.05, 0.1) is 12.2 Å². The monoisotopic (exact) mass is 284 g/mol. The van der Waals surface area contributed by atoms with Gasteiger partial charge in [0, 0.05) is 5.69 Å². The zero-order chi connectivity index (χ0) is 15.1. The van der Waals surface area contributed by atoms with Crippen molar-refractivity contribution in [2.75, 3.05) is 18.5 Å². The van der Waals surface area contributed by atoms with Crippen LogP contribution in [0.2, 0.25) is 0 Å². The Bertz CT molecular complexity index is 533. The molecule has 0 aliphatic carbocycles. The number of rotatable bonds is 5. The summed E-state index contributed by atoms with van der Waals surface area (Å²) in [4.78, 5) is 33.0. The number of amides is 2. The smallest absolute Gasteiger partial charge is 0.338 e. The molecule has 0 bridgehead atoms. The van der Waals surface area contributed by atoms with Gasteiger partial charge in [-0.25, -0.2) is 14.0 Å². The lowest BCUT2D eigenvalue weighted by atomic mass is 10.2. The highest BCUT2D eigenvalue weighted by Crippen LogP contribution is 2.14. The topological polar surface area (TPSA) is 105 Å². The first-order valence-corrected chi connectivity index (χ1v) is 5.67. The number of esters is 1. The predicted octanol–water partition coefficient (Wildman–Crippen LogP) is 1.21. The number of carbonyl (C=O) groups is 3. The number of nitrogens with one attached hydrogen (secondary N) is 2. The molecule has 0 saturated heterocycles. The van der Waals surface area contributed by atoms with Gasteiger partial charge in [0.25, 0.3) is 0 Å². The molecule has 0 saturated carbocycles. The lowest BCUT2D eigenvalue weighted by Crippen LogP contribution is -2.34. The van der Waals surface area contributed by atoms with Crippen LogP contribution in [0.15, 0.2) is 18.2 Å². The summed E-state index contributed by atoms with van der Waals surface area (Å²) in [6, 6.07) is 2.39. The molecule has 1 aromatic carbocycles. The summed E-state index contributed by atoms with van der Waals surface area (Å²) < 4.78 is 17.9. The van der Waals surface area contributed by atoms with Crippen LogP contribution in [-0.2, 0) is 9.53 Å². The fourth-order valence-electron chi connectivity index (χ4n) is 1.31. The molecule has 0 aliphatic heterocycles. The van der Waals surface area contributed by atoms with Crippen LogP contribution in [0.4, 0.5) is 14.9 Å². The molecular weight excluding hydrogens is 271 g/mol. The number of halogens is 1. The Hall–Kier alpha value is -2.64. The number of benzene rings is 1. The Morgan fingerprint density at radius 1 is 1.35 bits per heavy atom. The molecule has 0 spiro atoms. The fourth-order valence-corrected chi connectivity index (χ4v) is 1.31. The third-order valence-electron chi connectivity index (χ3n) is 2.16. The lowest BCUT2D eigenvalue weighted by molar-refractivity contribution is -0.141. The molecule has 0 aromatic heterocycles.